The van der Waals surface area contributed by atoms with E-state index >= 15 is 0 Å². The Morgan fingerprint density at radius 3 is 2.77 bits per heavy atom. The molecule has 1 aromatic carbocycles. The zero-order chi connectivity index (χ0) is 18.6. The molecule has 0 bridgehead atoms. The molecule has 0 saturated carbocycles. The number of fused-ring (bicyclic) bond motifs is 1. The Hall–Kier alpha value is -1.63. The number of carbonyl (C=O) groups is 1. The van der Waals surface area contributed by atoms with Crippen LogP contribution in [0.25, 0.3) is 0 Å². The van der Waals surface area contributed by atoms with Crippen LogP contribution in [-0.2, 0) is 22.5 Å². The molecule has 0 radical (unpaired) electrons. The van der Waals surface area contributed by atoms with Crippen LogP contribution in [0.3, 0.4) is 0 Å². The summed E-state index contributed by atoms with van der Waals surface area (Å²) in [4.78, 5) is 17.1. The lowest BCUT2D eigenvalue weighted by atomic mass is 9.98. The van der Waals surface area contributed by atoms with Crippen LogP contribution >= 0.6 is 0 Å². The van der Waals surface area contributed by atoms with Gasteiger partial charge >= 0.3 is 0 Å². The van der Waals surface area contributed by atoms with Crippen LogP contribution in [-0.4, -0.2) is 74.3 Å². The molecular weight excluding hydrogens is 330 g/mol. The van der Waals surface area contributed by atoms with Crippen molar-refractivity contribution in [2.24, 2.45) is 0 Å². The number of rotatable bonds is 6. The van der Waals surface area contributed by atoms with Gasteiger partial charge in [0.2, 0.25) is 5.91 Å². The molecular formula is C20H31N3O3. The lowest BCUT2D eigenvalue weighted by molar-refractivity contribution is -0.123. The molecule has 1 aromatic rings. The van der Waals surface area contributed by atoms with E-state index in [1.165, 1.54) is 11.1 Å². The third kappa shape index (κ3) is 4.55. The topological polar surface area (TPSA) is 54.0 Å². The summed E-state index contributed by atoms with van der Waals surface area (Å²) in [6, 6.07) is 6.16. The fourth-order valence-corrected chi connectivity index (χ4v) is 3.81. The summed E-state index contributed by atoms with van der Waals surface area (Å²) in [5.41, 5.74) is 2.48. The maximum absolute atomic E-state index is 12.5. The zero-order valence-corrected chi connectivity index (χ0v) is 16.2. The highest BCUT2D eigenvalue weighted by atomic mass is 16.5. The van der Waals surface area contributed by atoms with Crippen molar-refractivity contribution in [3.63, 3.8) is 0 Å². The minimum absolute atomic E-state index is 0.0543. The Morgan fingerprint density at radius 1 is 1.27 bits per heavy atom. The van der Waals surface area contributed by atoms with Crippen molar-refractivity contribution in [2.45, 2.75) is 32.4 Å². The summed E-state index contributed by atoms with van der Waals surface area (Å²) < 4.78 is 10.9. The molecule has 6 heteroatoms. The summed E-state index contributed by atoms with van der Waals surface area (Å²) in [7, 11) is 1.71. The first-order valence-electron chi connectivity index (χ1n) is 9.46. The predicted molar refractivity (Wildman–Crippen MR) is 101 cm³/mol. The van der Waals surface area contributed by atoms with Gasteiger partial charge in [0.1, 0.15) is 5.75 Å². The van der Waals surface area contributed by atoms with Crippen molar-refractivity contribution < 1.29 is 14.3 Å². The van der Waals surface area contributed by atoms with Crippen LogP contribution < -0.4 is 10.1 Å². The molecule has 2 heterocycles. The van der Waals surface area contributed by atoms with Gasteiger partial charge < -0.3 is 14.8 Å². The number of amides is 1. The van der Waals surface area contributed by atoms with Gasteiger partial charge in [-0.1, -0.05) is 12.1 Å². The summed E-state index contributed by atoms with van der Waals surface area (Å²) in [6.07, 6.45) is 0.923. The molecule has 2 aliphatic heterocycles. The second-order valence-electron chi connectivity index (χ2n) is 7.75. The fraction of sp³-hybridized carbons (Fsp3) is 0.650. The van der Waals surface area contributed by atoms with E-state index in [1.807, 2.05) is 12.1 Å². The number of hydrogen-bond donors (Lipinski definition) is 1. The maximum Gasteiger partial charge on any atom is 0.234 e. The van der Waals surface area contributed by atoms with E-state index in [0.717, 1.165) is 51.6 Å². The van der Waals surface area contributed by atoms with E-state index in [1.54, 1.807) is 7.11 Å². The van der Waals surface area contributed by atoms with Gasteiger partial charge in [-0.2, -0.15) is 0 Å². The van der Waals surface area contributed by atoms with E-state index < -0.39 is 0 Å². The van der Waals surface area contributed by atoms with Gasteiger partial charge in [0.25, 0.3) is 0 Å². The van der Waals surface area contributed by atoms with Crippen LogP contribution in [0.4, 0.5) is 0 Å². The molecule has 0 spiro atoms. The molecule has 0 unspecified atom stereocenters. The zero-order valence-electron chi connectivity index (χ0n) is 16.2. The standard InChI is InChI=1S/C20H31N3O3/c1-20(2,23-9-11-26-12-10-23)15-21-19(24)14-22-8-7-17-16(13-22)5-4-6-18(17)25-3/h4-6H,7-15H2,1-3H3,(H,21,24). The number of carbonyl (C=O) groups excluding carboxylic acids is 1. The van der Waals surface area contributed by atoms with Crippen LogP contribution in [0.15, 0.2) is 18.2 Å². The Kier molecular flexibility index (Phi) is 6.16. The molecule has 1 amide bonds. The molecule has 26 heavy (non-hydrogen) atoms. The lowest BCUT2D eigenvalue weighted by Crippen LogP contribution is -2.56. The molecule has 1 fully saturated rings. The molecule has 6 nitrogen and oxygen atoms in total. The monoisotopic (exact) mass is 361 g/mol. The molecule has 0 atom stereocenters. The Morgan fingerprint density at radius 2 is 2.04 bits per heavy atom. The molecule has 3 rings (SSSR count). The van der Waals surface area contributed by atoms with Crippen molar-refractivity contribution in [3.05, 3.63) is 29.3 Å². The summed E-state index contributed by atoms with van der Waals surface area (Å²) in [5, 5.41) is 3.13. The van der Waals surface area contributed by atoms with E-state index in [2.05, 4.69) is 35.0 Å². The summed E-state index contributed by atoms with van der Waals surface area (Å²) in [6.45, 7) is 10.5. The van der Waals surface area contributed by atoms with Crippen molar-refractivity contribution in [2.75, 3.05) is 53.0 Å². The number of methoxy groups -OCH3 is 1. The third-order valence-electron chi connectivity index (χ3n) is 5.47. The third-order valence-corrected chi connectivity index (χ3v) is 5.47. The van der Waals surface area contributed by atoms with Crippen LogP contribution in [0.1, 0.15) is 25.0 Å². The highest BCUT2D eigenvalue weighted by Gasteiger charge is 2.29. The van der Waals surface area contributed by atoms with Gasteiger partial charge in [-0.3, -0.25) is 14.6 Å². The molecule has 144 valence electrons. The minimum atomic E-state index is -0.0543. The van der Waals surface area contributed by atoms with Crippen molar-refractivity contribution >= 4 is 5.91 Å². The van der Waals surface area contributed by atoms with Crippen molar-refractivity contribution in [1.29, 1.82) is 0 Å². The fourth-order valence-electron chi connectivity index (χ4n) is 3.81. The first kappa shape index (κ1) is 19.1. The molecule has 2 aliphatic rings. The van der Waals surface area contributed by atoms with Crippen LogP contribution in [0.2, 0.25) is 0 Å². The van der Waals surface area contributed by atoms with Crippen LogP contribution in [0, 0.1) is 0 Å². The average molecular weight is 361 g/mol. The lowest BCUT2D eigenvalue weighted by Gasteiger charge is -2.41. The largest absolute Gasteiger partial charge is 0.496 e. The van der Waals surface area contributed by atoms with Gasteiger partial charge in [0, 0.05) is 38.3 Å². The number of hydrogen-bond acceptors (Lipinski definition) is 5. The van der Waals surface area contributed by atoms with Gasteiger partial charge in [0.05, 0.1) is 26.9 Å². The van der Waals surface area contributed by atoms with E-state index in [0.29, 0.717) is 13.1 Å². The Labute approximate surface area is 156 Å². The molecule has 1 saturated heterocycles. The first-order valence-corrected chi connectivity index (χ1v) is 9.46. The predicted octanol–water partition coefficient (Wildman–Crippen LogP) is 1.28. The number of ether oxygens (including phenoxy) is 2. The second-order valence-corrected chi connectivity index (χ2v) is 7.75. The highest BCUT2D eigenvalue weighted by Crippen LogP contribution is 2.27. The van der Waals surface area contributed by atoms with Crippen molar-refractivity contribution in [1.82, 2.24) is 15.1 Å². The SMILES string of the molecule is COc1cccc2c1CCN(CC(=O)NCC(C)(C)N1CCOCC1)C2. The minimum Gasteiger partial charge on any atom is -0.496 e. The van der Waals surface area contributed by atoms with Crippen molar-refractivity contribution in [3.8, 4) is 5.75 Å². The summed E-state index contributed by atoms with van der Waals surface area (Å²) >= 11 is 0. The molecule has 0 aliphatic carbocycles. The highest BCUT2D eigenvalue weighted by molar-refractivity contribution is 5.78. The van der Waals surface area contributed by atoms with E-state index in [-0.39, 0.29) is 11.4 Å². The van der Waals surface area contributed by atoms with Crippen LogP contribution in [0.5, 0.6) is 5.75 Å². The molecule has 1 N–H and O–H groups in total. The molecule has 0 aromatic heterocycles. The smallest absolute Gasteiger partial charge is 0.234 e. The first-order chi connectivity index (χ1) is 12.5. The summed E-state index contributed by atoms with van der Waals surface area (Å²) in [5.74, 6) is 1.05. The normalized spacial score (nSPS) is 19.0. The average Bonchev–Trinajstić information content (AvgIpc) is 2.66. The number of benzene rings is 1. The van der Waals surface area contributed by atoms with Gasteiger partial charge in [-0.05, 0) is 37.5 Å². The number of nitrogens with zero attached hydrogens (tertiary/aromatic N) is 2. The Bertz CT molecular complexity index is 627. The Balaban J connectivity index is 1.49. The second kappa shape index (κ2) is 8.37. The van der Waals surface area contributed by atoms with Gasteiger partial charge in [-0.25, -0.2) is 0 Å². The van der Waals surface area contributed by atoms with Gasteiger partial charge in [-0.15, -0.1) is 0 Å². The number of nitrogens with one attached hydrogen (secondary N) is 1. The quantitative estimate of drug-likeness (QED) is 0.827. The van der Waals surface area contributed by atoms with E-state index in [4.69, 9.17) is 9.47 Å². The maximum atomic E-state index is 12.5. The van der Waals surface area contributed by atoms with Gasteiger partial charge in [0.15, 0.2) is 0 Å². The van der Waals surface area contributed by atoms with E-state index in [9.17, 15) is 4.79 Å². The number of morpholine rings is 1.